The standard InChI is InChI=1S/C21H21N3O4S2/c25-21(23-9-7-22(8-10-23)13-19-2-1-11-29-19)20-12-16(15-30-20)14-28-18-5-3-17(4-6-18)24(26)27/h1-6,11-12,15H,7-10,13-14H2. The lowest BCUT2D eigenvalue weighted by molar-refractivity contribution is -0.384. The summed E-state index contributed by atoms with van der Waals surface area (Å²) in [5.74, 6) is 0.624. The number of thiophene rings is 2. The first-order valence-electron chi connectivity index (χ1n) is 9.57. The van der Waals surface area contributed by atoms with Crippen LogP contribution in [0.25, 0.3) is 0 Å². The normalized spacial score (nSPS) is 14.6. The van der Waals surface area contributed by atoms with Crippen LogP contribution in [0.15, 0.2) is 53.2 Å². The highest BCUT2D eigenvalue weighted by atomic mass is 32.1. The molecule has 9 heteroatoms. The van der Waals surface area contributed by atoms with Gasteiger partial charge in [-0.2, -0.15) is 0 Å². The average molecular weight is 444 g/mol. The number of rotatable bonds is 7. The Labute approximate surface area is 182 Å². The molecule has 0 atom stereocenters. The zero-order valence-corrected chi connectivity index (χ0v) is 17.9. The van der Waals surface area contributed by atoms with Crippen LogP contribution in [0.2, 0.25) is 0 Å². The van der Waals surface area contributed by atoms with Gasteiger partial charge in [-0.05, 0) is 35.0 Å². The van der Waals surface area contributed by atoms with Crippen molar-refractivity contribution in [1.29, 1.82) is 0 Å². The molecule has 1 aromatic carbocycles. The second-order valence-corrected chi connectivity index (χ2v) is 8.95. The second kappa shape index (κ2) is 9.38. The number of nitro benzene ring substituents is 1. The number of hydrogen-bond acceptors (Lipinski definition) is 7. The molecule has 0 N–H and O–H groups in total. The van der Waals surface area contributed by atoms with Crippen LogP contribution in [0.3, 0.4) is 0 Å². The molecular formula is C21H21N3O4S2. The van der Waals surface area contributed by atoms with Crippen molar-refractivity contribution < 1.29 is 14.5 Å². The van der Waals surface area contributed by atoms with Gasteiger partial charge in [-0.15, -0.1) is 22.7 Å². The van der Waals surface area contributed by atoms with Crippen LogP contribution < -0.4 is 4.74 Å². The fourth-order valence-electron chi connectivity index (χ4n) is 3.28. The Kier molecular flexibility index (Phi) is 6.41. The number of carbonyl (C=O) groups is 1. The predicted octanol–water partition coefficient (Wildman–Crippen LogP) is 4.25. The van der Waals surface area contributed by atoms with Gasteiger partial charge in [-0.3, -0.25) is 19.8 Å². The third kappa shape index (κ3) is 5.05. The Balaban J connectivity index is 1.27. The number of non-ortho nitro benzene ring substituents is 1. The number of piperazine rings is 1. The fraction of sp³-hybridized carbons (Fsp3) is 0.286. The van der Waals surface area contributed by atoms with E-state index < -0.39 is 4.92 Å². The average Bonchev–Trinajstić information content (AvgIpc) is 3.45. The quantitative estimate of drug-likeness (QED) is 0.403. The van der Waals surface area contributed by atoms with Crippen molar-refractivity contribution in [3.05, 3.63) is 78.7 Å². The Morgan fingerprint density at radius 1 is 1.10 bits per heavy atom. The summed E-state index contributed by atoms with van der Waals surface area (Å²) in [5.41, 5.74) is 0.944. The van der Waals surface area contributed by atoms with Crippen LogP contribution in [-0.2, 0) is 13.2 Å². The number of ether oxygens (including phenoxy) is 1. The predicted molar refractivity (Wildman–Crippen MR) is 117 cm³/mol. The summed E-state index contributed by atoms with van der Waals surface area (Å²) < 4.78 is 5.68. The van der Waals surface area contributed by atoms with E-state index in [0.29, 0.717) is 17.2 Å². The van der Waals surface area contributed by atoms with Gasteiger partial charge < -0.3 is 9.64 Å². The fourth-order valence-corrected chi connectivity index (χ4v) is 4.89. The lowest BCUT2D eigenvalue weighted by Gasteiger charge is -2.34. The number of hydrogen-bond donors (Lipinski definition) is 0. The van der Waals surface area contributed by atoms with Crippen molar-refractivity contribution >= 4 is 34.3 Å². The van der Waals surface area contributed by atoms with Gasteiger partial charge in [-0.25, -0.2) is 0 Å². The number of nitrogens with zero attached hydrogens (tertiary/aromatic N) is 3. The molecule has 0 bridgehead atoms. The largest absolute Gasteiger partial charge is 0.489 e. The van der Waals surface area contributed by atoms with Crippen LogP contribution in [0.1, 0.15) is 20.1 Å². The molecule has 3 heterocycles. The molecule has 0 unspecified atom stereocenters. The van der Waals surface area contributed by atoms with Crippen LogP contribution in [0, 0.1) is 10.1 Å². The Hall–Kier alpha value is -2.75. The molecule has 1 amide bonds. The SMILES string of the molecule is O=C(c1cc(COc2ccc([N+](=O)[O-])cc2)cs1)N1CCN(Cc2cccs2)CC1. The van der Waals surface area contributed by atoms with E-state index in [9.17, 15) is 14.9 Å². The van der Waals surface area contributed by atoms with Crippen LogP contribution >= 0.6 is 22.7 Å². The molecule has 4 rings (SSSR count). The van der Waals surface area contributed by atoms with Gasteiger partial charge >= 0.3 is 0 Å². The topological polar surface area (TPSA) is 75.9 Å². The van der Waals surface area contributed by atoms with E-state index in [-0.39, 0.29) is 11.6 Å². The number of amides is 1. The summed E-state index contributed by atoms with van der Waals surface area (Å²) >= 11 is 3.19. The first kappa shape index (κ1) is 20.5. The highest BCUT2D eigenvalue weighted by molar-refractivity contribution is 7.12. The molecule has 0 radical (unpaired) electrons. The molecule has 1 saturated heterocycles. The Morgan fingerprint density at radius 2 is 1.87 bits per heavy atom. The number of nitro groups is 1. The first-order valence-corrected chi connectivity index (χ1v) is 11.3. The van der Waals surface area contributed by atoms with E-state index in [1.165, 1.54) is 28.3 Å². The number of carbonyl (C=O) groups excluding carboxylic acids is 1. The van der Waals surface area contributed by atoms with Gasteiger partial charge in [0.15, 0.2) is 0 Å². The minimum Gasteiger partial charge on any atom is -0.489 e. The molecule has 1 fully saturated rings. The molecule has 156 valence electrons. The smallest absolute Gasteiger partial charge is 0.269 e. The van der Waals surface area contributed by atoms with Crippen LogP contribution in [-0.4, -0.2) is 46.8 Å². The molecular weight excluding hydrogens is 422 g/mol. The van der Waals surface area contributed by atoms with Gasteiger partial charge in [0.1, 0.15) is 12.4 Å². The molecule has 0 saturated carbocycles. The van der Waals surface area contributed by atoms with Crippen molar-refractivity contribution in [3.8, 4) is 5.75 Å². The maximum Gasteiger partial charge on any atom is 0.269 e. The molecule has 2 aromatic heterocycles. The molecule has 1 aliphatic heterocycles. The second-order valence-electron chi connectivity index (χ2n) is 7.01. The van der Waals surface area contributed by atoms with Crippen molar-refractivity contribution in [2.24, 2.45) is 0 Å². The van der Waals surface area contributed by atoms with E-state index in [4.69, 9.17) is 4.74 Å². The summed E-state index contributed by atoms with van der Waals surface area (Å²) in [6.07, 6.45) is 0. The maximum atomic E-state index is 12.8. The van der Waals surface area contributed by atoms with Gasteiger partial charge in [0.25, 0.3) is 11.6 Å². The first-order chi connectivity index (χ1) is 14.6. The molecule has 0 aliphatic carbocycles. The lowest BCUT2D eigenvalue weighted by Crippen LogP contribution is -2.48. The third-order valence-electron chi connectivity index (χ3n) is 4.94. The summed E-state index contributed by atoms with van der Waals surface area (Å²) in [6, 6.07) is 12.1. The Bertz CT molecular complexity index is 994. The summed E-state index contributed by atoms with van der Waals surface area (Å²) in [5, 5.41) is 14.7. The summed E-state index contributed by atoms with van der Waals surface area (Å²) in [7, 11) is 0. The molecule has 7 nitrogen and oxygen atoms in total. The lowest BCUT2D eigenvalue weighted by atomic mass is 10.2. The van der Waals surface area contributed by atoms with Gasteiger partial charge in [0.05, 0.1) is 9.80 Å². The minimum atomic E-state index is -0.442. The van der Waals surface area contributed by atoms with E-state index in [0.717, 1.165) is 38.3 Å². The summed E-state index contributed by atoms with van der Waals surface area (Å²) in [6.45, 7) is 4.49. The van der Waals surface area contributed by atoms with Crippen molar-refractivity contribution in [2.45, 2.75) is 13.2 Å². The van der Waals surface area contributed by atoms with Gasteiger partial charge in [0.2, 0.25) is 0 Å². The number of benzene rings is 1. The van der Waals surface area contributed by atoms with Crippen molar-refractivity contribution in [3.63, 3.8) is 0 Å². The van der Waals surface area contributed by atoms with E-state index >= 15 is 0 Å². The third-order valence-corrected chi connectivity index (χ3v) is 6.76. The minimum absolute atomic E-state index is 0.0289. The molecule has 0 spiro atoms. The highest BCUT2D eigenvalue weighted by Gasteiger charge is 2.23. The van der Waals surface area contributed by atoms with Crippen molar-refractivity contribution in [2.75, 3.05) is 26.2 Å². The monoisotopic (exact) mass is 443 g/mol. The Morgan fingerprint density at radius 3 is 2.53 bits per heavy atom. The molecule has 1 aliphatic rings. The van der Waals surface area contributed by atoms with Gasteiger partial charge in [-0.1, -0.05) is 6.07 Å². The zero-order valence-electron chi connectivity index (χ0n) is 16.2. The molecule has 3 aromatic rings. The highest BCUT2D eigenvalue weighted by Crippen LogP contribution is 2.22. The van der Waals surface area contributed by atoms with E-state index in [1.54, 1.807) is 23.5 Å². The zero-order chi connectivity index (χ0) is 20.9. The van der Waals surface area contributed by atoms with E-state index in [2.05, 4.69) is 22.4 Å². The van der Waals surface area contributed by atoms with Crippen LogP contribution in [0.5, 0.6) is 5.75 Å². The molecule has 30 heavy (non-hydrogen) atoms. The van der Waals surface area contributed by atoms with Crippen LogP contribution in [0.4, 0.5) is 5.69 Å². The van der Waals surface area contributed by atoms with E-state index in [1.807, 2.05) is 16.3 Å². The maximum absolute atomic E-state index is 12.8. The summed E-state index contributed by atoms with van der Waals surface area (Å²) in [4.78, 5) is 29.5. The van der Waals surface area contributed by atoms with Crippen molar-refractivity contribution in [1.82, 2.24) is 9.80 Å². The van der Waals surface area contributed by atoms with Gasteiger partial charge in [0, 0.05) is 55.3 Å².